The molecule has 0 aromatic heterocycles. The molecule has 1 atom stereocenters. The Morgan fingerprint density at radius 2 is 1.14 bits per heavy atom. The van der Waals surface area contributed by atoms with Gasteiger partial charge in [0.2, 0.25) is 0 Å². The van der Waals surface area contributed by atoms with Crippen LogP contribution in [0.2, 0.25) is 0 Å². The molecule has 0 aliphatic heterocycles. The van der Waals surface area contributed by atoms with Crippen molar-refractivity contribution in [2.24, 2.45) is 5.92 Å². The van der Waals surface area contributed by atoms with Gasteiger partial charge in [0.1, 0.15) is 0 Å². The summed E-state index contributed by atoms with van der Waals surface area (Å²) >= 11 is 0. The fourth-order valence-corrected chi connectivity index (χ4v) is 3.93. The minimum Gasteiger partial charge on any atom is -0.396 e. The SMILES string of the molecule is CCCCCCCCC(CCCCCC)COCCCCCCNCCCCO. The number of unbranched alkanes of at least 4 members (excludes halogenated alkanes) is 12. The van der Waals surface area contributed by atoms with Gasteiger partial charge in [-0.15, -0.1) is 0 Å². The summed E-state index contributed by atoms with van der Waals surface area (Å²) in [6.07, 6.45) is 23.7. The first kappa shape index (κ1) is 28.9. The van der Waals surface area contributed by atoms with E-state index in [-0.39, 0.29) is 0 Å². The molecule has 3 heteroatoms. The third-order valence-electron chi connectivity index (χ3n) is 5.94. The molecule has 0 aromatic rings. The highest BCUT2D eigenvalue weighted by Gasteiger charge is 2.09. The first-order valence-electron chi connectivity index (χ1n) is 13.2. The summed E-state index contributed by atoms with van der Waals surface area (Å²) in [5.41, 5.74) is 0. The van der Waals surface area contributed by atoms with Gasteiger partial charge < -0.3 is 15.2 Å². The zero-order valence-electron chi connectivity index (χ0n) is 20.2. The van der Waals surface area contributed by atoms with Crippen LogP contribution in [0.3, 0.4) is 0 Å². The Morgan fingerprint density at radius 3 is 1.79 bits per heavy atom. The molecule has 1 unspecified atom stereocenters. The van der Waals surface area contributed by atoms with Crippen LogP contribution < -0.4 is 5.32 Å². The smallest absolute Gasteiger partial charge is 0.0494 e. The summed E-state index contributed by atoms with van der Waals surface area (Å²) in [6.45, 7) is 9.01. The molecule has 0 radical (unpaired) electrons. The molecule has 0 aromatic carbocycles. The zero-order valence-corrected chi connectivity index (χ0v) is 20.2. The maximum atomic E-state index is 8.75. The fourth-order valence-electron chi connectivity index (χ4n) is 3.93. The van der Waals surface area contributed by atoms with Crippen LogP contribution in [0, 0.1) is 5.92 Å². The number of hydrogen-bond donors (Lipinski definition) is 2. The van der Waals surface area contributed by atoms with Gasteiger partial charge in [-0.1, -0.05) is 90.9 Å². The topological polar surface area (TPSA) is 41.5 Å². The number of nitrogens with one attached hydrogen (secondary N) is 1. The molecule has 2 N–H and O–H groups in total. The summed E-state index contributed by atoms with van der Waals surface area (Å²) < 4.78 is 6.08. The Labute approximate surface area is 183 Å². The summed E-state index contributed by atoms with van der Waals surface area (Å²) in [5.74, 6) is 0.793. The van der Waals surface area contributed by atoms with E-state index in [2.05, 4.69) is 19.2 Å². The second-order valence-corrected chi connectivity index (χ2v) is 8.94. The molecule has 29 heavy (non-hydrogen) atoms. The maximum Gasteiger partial charge on any atom is 0.0494 e. The first-order valence-corrected chi connectivity index (χ1v) is 13.2. The molecule has 0 saturated carbocycles. The lowest BCUT2D eigenvalue weighted by Crippen LogP contribution is -2.16. The largest absolute Gasteiger partial charge is 0.396 e. The van der Waals surface area contributed by atoms with Crippen molar-refractivity contribution in [1.82, 2.24) is 5.32 Å². The molecule has 0 saturated heterocycles. The second-order valence-electron chi connectivity index (χ2n) is 8.94. The average molecular weight is 414 g/mol. The van der Waals surface area contributed by atoms with Gasteiger partial charge in [-0.05, 0) is 57.5 Å². The molecule has 0 aliphatic carbocycles. The van der Waals surface area contributed by atoms with Crippen molar-refractivity contribution in [1.29, 1.82) is 0 Å². The fraction of sp³-hybridized carbons (Fsp3) is 1.00. The number of hydrogen-bond acceptors (Lipinski definition) is 3. The Kier molecular flexibility index (Phi) is 25.8. The van der Waals surface area contributed by atoms with Gasteiger partial charge in [0.05, 0.1) is 0 Å². The molecule has 0 aliphatic rings. The van der Waals surface area contributed by atoms with Gasteiger partial charge in [-0.3, -0.25) is 0 Å². The maximum absolute atomic E-state index is 8.75. The van der Waals surface area contributed by atoms with E-state index in [1.807, 2.05) is 0 Å². The monoisotopic (exact) mass is 413 g/mol. The van der Waals surface area contributed by atoms with E-state index < -0.39 is 0 Å². The van der Waals surface area contributed by atoms with Gasteiger partial charge in [-0.2, -0.15) is 0 Å². The lowest BCUT2D eigenvalue weighted by atomic mass is 9.95. The molecule has 176 valence electrons. The Balaban J connectivity index is 3.62. The van der Waals surface area contributed by atoms with Crippen molar-refractivity contribution >= 4 is 0 Å². The number of rotatable bonds is 25. The van der Waals surface area contributed by atoms with Crippen LogP contribution in [0.15, 0.2) is 0 Å². The highest BCUT2D eigenvalue weighted by atomic mass is 16.5. The van der Waals surface area contributed by atoms with Gasteiger partial charge in [0, 0.05) is 19.8 Å². The number of aliphatic hydroxyl groups excluding tert-OH is 1. The summed E-state index contributed by atoms with van der Waals surface area (Å²) in [5, 5.41) is 12.2. The standard InChI is InChI=1S/C26H55NO2/c1-3-5-7-9-10-14-20-26(19-13-8-6-4-2)25-29-24-18-12-11-15-21-27-22-16-17-23-28/h26-28H,3-25H2,1-2H3. The molecule has 0 fully saturated rings. The minimum atomic E-state index is 0.320. The molecule has 0 amide bonds. The molecule has 0 spiro atoms. The molecule has 3 nitrogen and oxygen atoms in total. The van der Waals surface area contributed by atoms with Gasteiger partial charge in [-0.25, -0.2) is 0 Å². The normalized spacial score (nSPS) is 12.5. The molecule has 0 rings (SSSR count). The molecular weight excluding hydrogens is 358 g/mol. The van der Waals surface area contributed by atoms with Crippen LogP contribution in [0.5, 0.6) is 0 Å². The van der Waals surface area contributed by atoms with Crippen molar-refractivity contribution in [3.8, 4) is 0 Å². The van der Waals surface area contributed by atoms with Gasteiger partial charge in [0.25, 0.3) is 0 Å². The van der Waals surface area contributed by atoms with Crippen LogP contribution >= 0.6 is 0 Å². The van der Waals surface area contributed by atoms with Crippen LogP contribution in [0.4, 0.5) is 0 Å². The second kappa shape index (κ2) is 25.9. The third kappa shape index (κ3) is 24.0. The first-order chi connectivity index (χ1) is 14.3. The van der Waals surface area contributed by atoms with Gasteiger partial charge >= 0.3 is 0 Å². The van der Waals surface area contributed by atoms with Crippen molar-refractivity contribution in [3.05, 3.63) is 0 Å². The predicted octanol–water partition coefficient (Wildman–Crippen LogP) is 7.26. The van der Waals surface area contributed by atoms with E-state index in [0.29, 0.717) is 6.61 Å². The molecular formula is C26H55NO2. The third-order valence-corrected chi connectivity index (χ3v) is 5.94. The van der Waals surface area contributed by atoms with Crippen molar-refractivity contribution in [3.63, 3.8) is 0 Å². The van der Waals surface area contributed by atoms with Crippen molar-refractivity contribution in [2.45, 2.75) is 129 Å². The number of aliphatic hydroxyl groups is 1. The van der Waals surface area contributed by atoms with Crippen LogP contribution in [-0.4, -0.2) is 38.0 Å². The molecule has 0 bridgehead atoms. The summed E-state index contributed by atoms with van der Waals surface area (Å²) in [6, 6.07) is 0. The van der Waals surface area contributed by atoms with Crippen LogP contribution in [0.1, 0.15) is 129 Å². The number of ether oxygens (including phenoxy) is 1. The van der Waals surface area contributed by atoms with Crippen LogP contribution in [-0.2, 0) is 4.74 Å². The van der Waals surface area contributed by atoms with E-state index in [4.69, 9.17) is 9.84 Å². The van der Waals surface area contributed by atoms with Crippen molar-refractivity contribution < 1.29 is 9.84 Å². The van der Waals surface area contributed by atoms with E-state index in [1.165, 1.54) is 103 Å². The van der Waals surface area contributed by atoms with E-state index in [1.54, 1.807) is 0 Å². The highest BCUT2D eigenvalue weighted by Crippen LogP contribution is 2.19. The lowest BCUT2D eigenvalue weighted by molar-refractivity contribution is 0.0879. The quantitative estimate of drug-likeness (QED) is 0.155. The van der Waals surface area contributed by atoms with E-state index >= 15 is 0 Å². The van der Waals surface area contributed by atoms with Crippen LogP contribution in [0.25, 0.3) is 0 Å². The zero-order chi connectivity index (χ0) is 21.3. The lowest BCUT2D eigenvalue weighted by Gasteiger charge is -2.17. The van der Waals surface area contributed by atoms with Crippen molar-refractivity contribution in [2.75, 3.05) is 32.9 Å². The van der Waals surface area contributed by atoms with Gasteiger partial charge in [0.15, 0.2) is 0 Å². The summed E-state index contributed by atoms with van der Waals surface area (Å²) in [7, 11) is 0. The minimum absolute atomic E-state index is 0.320. The average Bonchev–Trinajstić information content (AvgIpc) is 2.73. The predicted molar refractivity (Wildman–Crippen MR) is 129 cm³/mol. The van der Waals surface area contributed by atoms with E-state index in [0.717, 1.165) is 45.1 Å². The summed E-state index contributed by atoms with van der Waals surface area (Å²) in [4.78, 5) is 0. The Morgan fingerprint density at radius 1 is 0.621 bits per heavy atom. The Bertz CT molecular complexity index is 286. The molecule has 0 heterocycles. The highest BCUT2D eigenvalue weighted by molar-refractivity contribution is 4.61. The van der Waals surface area contributed by atoms with E-state index in [9.17, 15) is 0 Å². The Hall–Kier alpha value is -0.120.